The number of phenolic OH excluding ortho intramolecular Hbond substituents is 1. The van der Waals surface area contributed by atoms with Crippen molar-refractivity contribution in [2.24, 2.45) is 5.10 Å². The Bertz CT molecular complexity index is 757. The topological polar surface area (TPSA) is 83.0 Å². The van der Waals surface area contributed by atoms with Gasteiger partial charge in [0.2, 0.25) is 0 Å². The highest BCUT2D eigenvalue weighted by atomic mass is 16.5. The first-order valence-electron chi connectivity index (χ1n) is 7.49. The van der Waals surface area contributed by atoms with Gasteiger partial charge in [-0.15, -0.1) is 0 Å². The van der Waals surface area contributed by atoms with E-state index in [4.69, 9.17) is 4.74 Å². The molecule has 0 aliphatic rings. The van der Waals surface area contributed by atoms with Crippen LogP contribution in [0.2, 0.25) is 0 Å². The Morgan fingerprint density at radius 2 is 2.04 bits per heavy atom. The minimum Gasteiger partial charge on any atom is -0.504 e. The number of benzene rings is 2. The molecular formula is C18H21N3O3. The molecule has 0 bridgehead atoms. The van der Waals surface area contributed by atoms with Gasteiger partial charge in [0, 0.05) is 5.69 Å². The van der Waals surface area contributed by atoms with Crippen molar-refractivity contribution in [3.63, 3.8) is 0 Å². The van der Waals surface area contributed by atoms with Crippen LogP contribution in [-0.2, 0) is 4.79 Å². The molecule has 0 radical (unpaired) electrons. The van der Waals surface area contributed by atoms with Gasteiger partial charge in [0.25, 0.3) is 5.91 Å². The predicted octanol–water partition coefficient (Wildman–Crippen LogP) is 2.58. The van der Waals surface area contributed by atoms with Gasteiger partial charge >= 0.3 is 0 Å². The van der Waals surface area contributed by atoms with E-state index in [1.165, 1.54) is 25.0 Å². The third-order valence-electron chi connectivity index (χ3n) is 3.43. The number of amides is 1. The molecule has 6 nitrogen and oxygen atoms in total. The molecule has 2 aromatic carbocycles. The van der Waals surface area contributed by atoms with Gasteiger partial charge in [0.1, 0.15) is 0 Å². The molecule has 2 aromatic rings. The fourth-order valence-corrected chi connectivity index (χ4v) is 2.19. The zero-order valence-electron chi connectivity index (χ0n) is 14.0. The summed E-state index contributed by atoms with van der Waals surface area (Å²) in [6.45, 7) is 4.13. The average Bonchev–Trinajstić information content (AvgIpc) is 2.54. The van der Waals surface area contributed by atoms with Crippen LogP contribution >= 0.6 is 0 Å². The van der Waals surface area contributed by atoms with Gasteiger partial charge in [-0.1, -0.05) is 17.7 Å². The normalized spacial score (nSPS) is 10.6. The number of anilines is 1. The van der Waals surface area contributed by atoms with E-state index < -0.39 is 0 Å². The fourth-order valence-electron chi connectivity index (χ4n) is 2.19. The SMILES string of the molecule is COc1ccc(C=NNC(=O)CNc2ccc(C)cc2C)cc1O. The van der Waals surface area contributed by atoms with Crippen molar-refractivity contribution in [1.29, 1.82) is 0 Å². The number of carbonyl (C=O) groups is 1. The average molecular weight is 327 g/mol. The number of aromatic hydroxyl groups is 1. The maximum absolute atomic E-state index is 11.8. The van der Waals surface area contributed by atoms with Gasteiger partial charge < -0.3 is 15.2 Å². The standard InChI is InChI=1S/C18H21N3O3/c1-12-4-6-15(13(2)8-12)19-11-18(23)21-20-10-14-5-7-17(24-3)16(22)9-14/h4-10,19,22H,11H2,1-3H3,(H,21,23). The number of hydrogen-bond acceptors (Lipinski definition) is 5. The third-order valence-corrected chi connectivity index (χ3v) is 3.43. The van der Waals surface area contributed by atoms with Crippen LogP contribution in [0.3, 0.4) is 0 Å². The molecule has 0 saturated heterocycles. The van der Waals surface area contributed by atoms with Crippen LogP contribution in [0.4, 0.5) is 5.69 Å². The minimum atomic E-state index is -0.260. The van der Waals surface area contributed by atoms with Crippen molar-refractivity contribution in [1.82, 2.24) is 5.43 Å². The Labute approximate surface area is 141 Å². The van der Waals surface area contributed by atoms with E-state index in [-0.39, 0.29) is 18.2 Å². The van der Waals surface area contributed by atoms with Crippen molar-refractivity contribution >= 4 is 17.8 Å². The number of hydrogen-bond donors (Lipinski definition) is 3. The molecule has 126 valence electrons. The summed E-state index contributed by atoms with van der Waals surface area (Å²) in [6, 6.07) is 10.8. The van der Waals surface area contributed by atoms with Gasteiger partial charge in [-0.2, -0.15) is 5.10 Å². The van der Waals surface area contributed by atoms with Crippen molar-refractivity contribution in [2.45, 2.75) is 13.8 Å². The lowest BCUT2D eigenvalue weighted by Crippen LogP contribution is -2.26. The summed E-state index contributed by atoms with van der Waals surface area (Å²) in [5.41, 5.74) is 6.26. The largest absolute Gasteiger partial charge is 0.504 e. The van der Waals surface area contributed by atoms with E-state index in [9.17, 15) is 9.90 Å². The number of hydrazone groups is 1. The second-order valence-electron chi connectivity index (χ2n) is 5.40. The van der Waals surface area contributed by atoms with Crippen LogP contribution in [0.15, 0.2) is 41.5 Å². The lowest BCUT2D eigenvalue weighted by Gasteiger charge is -2.09. The first-order chi connectivity index (χ1) is 11.5. The minimum absolute atomic E-state index is 0.0179. The van der Waals surface area contributed by atoms with Crippen molar-refractivity contribution in [2.75, 3.05) is 19.0 Å². The van der Waals surface area contributed by atoms with Crippen LogP contribution in [-0.4, -0.2) is 30.9 Å². The fraction of sp³-hybridized carbons (Fsp3) is 0.222. The van der Waals surface area contributed by atoms with Crippen LogP contribution < -0.4 is 15.5 Å². The second kappa shape index (κ2) is 8.01. The quantitative estimate of drug-likeness (QED) is 0.562. The van der Waals surface area contributed by atoms with Gasteiger partial charge in [0.05, 0.1) is 19.9 Å². The number of aryl methyl sites for hydroxylation is 2. The Kier molecular flexibility index (Phi) is 5.78. The third kappa shape index (κ3) is 4.74. The van der Waals surface area contributed by atoms with E-state index in [1.54, 1.807) is 12.1 Å². The van der Waals surface area contributed by atoms with Gasteiger partial charge in [0.15, 0.2) is 11.5 Å². The Morgan fingerprint density at radius 1 is 1.25 bits per heavy atom. The first kappa shape index (κ1) is 17.3. The number of rotatable bonds is 6. The number of nitrogens with zero attached hydrogens (tertiary/aromatic N) is 1. The highest BCUT2D eigenvalue weighted by Crippen LogP contribution is 2.25. The molecule has 0 aliphatic carbocycles. The van der Waals surface area contributed by atoms with E-state index >= 15 is 0 Å². The zero-order valence-corrected chi connectivity index (χ0v) is 14.0. The molecule has 0 aliphatic heterocycles. The Balaban J connectivity index is 1.85. The number of ether oxygens (including phenoxy) is 1. The summed E-state index contributed by atoms with van der Waals surface area (Å²) in [6.07, 6.45) is 1.45. The lowest BCUT2D eigenvalue weighted by molar-refractivity contribution is -0.119. The predicted molar refractivity (Wildman–Crippen MR) is 94.8 cm³/mol. The summed E-state index contributed by atoms with van der Waals surface area (Å²) in [5, 5.41) is 16.6. The highest BCUT2D eigenvalue weighted by molar-refractivity contribution is 5.85. The van der Waals surface area contributed by atoms with Crippen LogP contribution in [0.5, 0.6) is 11.5 Å². The lowest BCUT2D eigenvalue weighted by atomic mass is 10.1. The Morgan fingerprint density at radius 3 is 2.71 bits per heavy atom. The molecule has 3 N–H and O–H groups in total. The first-order valence-corrected chi connectivity index (χ1v) is 7.49. The smallest absolute Gasteiger partial charge is 0.259 e. The number of phenols is 1. The van der Waals surface area contributed by atoms with E-state index in [0.717, 1.165) is 11.3 Å². The number of methoxy groups -OCH3 is 1. The molecular weight excluding hydrogens is 306 g/mol. The number of nitrogens with one attached hydrogen (secondary N) is 2. The molecule has 6 heteroatoms. The molecule has 0 spiro atoms. The summed E-state index contributed by atoms with van der Waals surface area (Å²) >= 11 is 0. The molecule has 0 atom stereocenters. The number of carbonyl (C=O) groups excluding carboxylic acids is 1. The zero-order chi connectivity index (χ0) is 17.5. The van der Waals surface area contributed by atoms with Crippen LogP contribution in [0.1, 0.15) is 16.7 Å². The second-order valence-corrected chi connectivity index (χ2v) is 5.40. The molecule has 24 heavy (non-hydrogen) atoms. The molecule has 0 saturated carbocycles. The summed E-state index contributed by atoms with van der Waals surface area (Å²) in [5.74, 6) is 0.141. The molecule has 1 amide bonds. The Hall–Kier alpha value is -3.02. The maximum atomic E-state index is 11.8. The summed E-state index contributed by atoms with van der Waals surface area (Å²) in [7, 11) is 1.48. The van der Waals surface area contributed by atoms with Crippen molar-refractivity contribution in [3.05, 3.63) is 53.1 Å². The molecule has 0 fully saturated rings. The monoisotopic (exact) mass is 327 g/mol. The van der Waals surface area contributed by atoms with Gasteiger partial charge in [-0.25, -0.2) is 5.43 Å². The van der Waals surface area contributed by atoms with E-state index in [1.807, 2.05) is 26.0 Å². The highest BCUT2D eigenvalue weighted by Gasteiger charge is 2.03. The molecule has 2 rings (SSSR count). The van der Waals surface area contributed by atoms with E-state index in [0.29, 0.717) is 11.3 Å². The van der Waals surface area contributed by atoms with Crippen LogP contribution in [0.25, 0.3) is 0 Å². The van der Waals surface area contributed by atoms with E-state index in [2.05, 4.69) is 21.9 Å². The van der Waals surface area contributed by atoms with Crippen LogP contribution in [0, 0.1) is 13.8 Å². The van der Waals surface area contributed by atoms with Gasteiger partial charge in [-0.05, 0) is 49.2 Å². The maximum Gasteiger partial charge on any atom is 0.259 e. The molecule has 0 unspecified atom stereocenters. The van der Waals surface area contributed by atoms with Crippen molar-refractivity contribution < 1.29 is 14.6 Å². The van der Waals surface area contributed by atoms with Gasteiger partial charge in [-0.3, -0.25) is 4.79 Å². The summed E-state index contributed by atoms with van der Waals surface area (Å²) < 4.78 is 4.96. The summed E-state index contributed by atoms with van der Waals surface area (Å²) in [4.78, 5) is 11.8. The van der Waals surface area contributed by atoms with Crippen molar-refractivity contribution in [3.8, 4) is 11.5 Å². The molecule has 0 aromatic heterocycles. The molecule has 0 heterocycles.